The van der Waals surface area contributed by atoms with Crippen LogP contribution >= 0.6 is 0 Å². The second-order valence-corrected chi connectivity index (χ2v) is 4.33. The molecule has 5 nitrogen and oxygen atoms in total. The van der Waals surface area contributed by atoms with Gasteiger partial charge < -0.3 is 9.84 Å². The third kappa shape index (κ3) is 2.19. The summed E-state index contributed by atoms with van der Waals surface area (Å²) in [5.41, 5.74) is 1.28. The molecule has 0 bridgehead atoms. The normalized spacial score (nSPS) is 12.3. The third-order valence-corrected chi connectivity index (χ3v) is 3.16. The molecule has 0 aliphatic rings. The van der Waals surface area contributed by atoms with E-state index in [4.69, 9.17) is 4.74 Å². The van der Waals surface area contributed by atoms with E-state index in [9.17, 15) is 5.11 Å². The van der Waals surface area contributed by atoms with E-state index in [-0.39, 0.29) is 0 Å². The summed E-state index contributed by atoms with van der Waals surface area (Å²) in [6, 6.07) is 9.23. The van der Waals surface area contributed by atoms with Crippen molar-refractivity contribution in [3.8, 4) is 5.88 Å². The second kappa shape index (κ2) is 5.22. The first-order valence-electron chi connectivity index (χ1n) is 6.16. The zero-order valence-electron chi connectivity index (χ0n) is 10.9. The van der Waals surface area contributed by atoms with Gasteiger partial charge in [0, 0.05) is 23.8 Å². The van der Waals surface area contributed by atoms with Gasteiger partial charge in [0.05, 0.1) is 12.8 Å². The molecule has 1 N–H and O–H groups in total. The third-order valence-electron chi connectivity index (χ3n) is 3.16. The van der Waals surface area contributed by atoms with Crippen molar-refractivity contribution in [2.45, 2.75) is 6.10 Å². The quantitative estimate of drug-likeness (QED) is 0.787. The molecule has 3 rings (SSSR count). The Labute approximate surface area is 115 Å². The van der Waals surface area contributed by atoms with E-state index in [2.05, 4.69) is 15.0 Å². The first kappa shape index (κ1) is 12.5. The van der Waals surface area contributed by atoms with Gasteiger partial charge in [0.1, 0.15) is 12.4 Å². The fourth-order valence-corrected chi connectivity index (χ4v) is 2.16. The molecule has 0 saturated heterocycles. The van der Waals surface area contributed by atoms with E-state index >= 15 is 0 Å². The summed E-state index contributed by atoms with van der Waals surface area (Å²) >= 11 is 0. The topological polar surface area (TPSA) is 68.1 Å². The molecule has 0 amide bonds. The molecule has 3 aromatic rings. The van der Waals surface area contributed by atoms with E-state index < -0.39 is 6.10 Å². The van der Waals surface area contributed by atoms with Gasteiger partial charge >= 0.3 is 0 Å². The number of methoxy groups -OCH3 is 1. The maximum Gasteiger partial charge on any atom is 0.216 e. The van der Waals surface area contributed by atoms with Crippen molar-refractivity contribution in [3.63, 3.8) is 0 Å². The monoisotopic (exact) mass is 267 g/mol. The van der Waals surface area contributed by atoms with E-state index in [1.54, 1.807) is 18.5 Å². The molecule has 0 spiro atoms. The number of hydrogen-bond acceptors (Lipinski definition) is 5. The van der Waals surface area contributed by atoms with Gasteiger partial charge in [-0.1, -0.05) is 18.2 Å². The standard InChI is InChI=1S/C15H13N3O2/c1-20-14-7-13(17-9-18-14)15(19)12-4-2-3-10-8-16-6-5-11(10)12/h2-9,15,19H,1H3. The SMILES string of the molecule is COc1cc(C(O)c2cccc3cnccc23)ncn1. The molecule has 0 aliphatic carbocycles. The van der Waals surface area contributed by atoms with Gasteiger partial charge in [-0.2, -0.15) is 0 Å². The predicted octanol–water partition coefficient (Wildman–Crippen LogP) is 2.12. The maximum absolute atomic E-state index is 10.5. The fourth-order valence-electron chi connectivity index (χ4n) is 2.16. The Hall–Kier alpha value is -2.53. The van der Waals surface area contributed by atoms with Crippen molar-refractivity contribution < 1.29 is 9.84 Å². The summed E-state index contributed by atoms with van der Waals surface area (Å²) in [5, 5.41) is 12.5. The molecule has 0 radical (unpaired) electrons. The van der Waals surface area contributed by atoms with Gasteiger partial charge in [0.2, 0.25) is 5.88 Å². The predicted molar refractivity (Wildman–Crippen MR) is 74.4 cm³/mol. The number of hydrogen-bond donors (Lipinski definition) is 1. The molecule has 0 fully saturated rings. The highest BCUT2D eigenvalue weighted by molar-refractivity contribution is 5.85. The highest BCUT2D eigenvalue weighted by atomic mass is 16.5. The maximum atomic E-state index is 10.5. The van der Waals surface area contributed by atoms with Gasteiger partial charge in [-0.15, -0.1) is 0 Å². The van der Waals surface area contributed by atoms with Crippen molar-refractivity contribution in [2.75, 3.05) is 7.11 Å². The van der Waals surface area contributed by atoms with Gasteiger partial charge in [0.25, 0.3) is 0 Å². The number of aromatic nitrogens is 3. The summed E-state index contributed by atoms with van der Waals surface area (Å²) in [5.74, 6) is 0.427. The Morgan fingerprint density at radius 1 is 1.20 bits per heavy atom. The number of ether oxygens (including phenoxy) is 1. The van der Waals surface area contributed by atoms with Crippen LogP contribution < -0.4 is 4.74 Å². The molecule has 2 aromatic heterocycles. The van der Waals surface area contributed by atoms with E-state index in [1.165, 1.54) is 13.4 Å². The number of aliphatic hydroxyl groups is 1. The van der Waals surface area contributed by atoms with Crippen LogP contribution in [0.2, 0.25) is 0 Å². The molecule has 1 unspecified atom stereocenters. The van der Waals surface area contributed by atoms with Crippen LogP contribution in [-0.4, -0.2) is 27.2 Å². The Morgan fingerprint density at radius 2 is 2.10 bits per heavy atom. The van der Waals surface area contributed by atoms with Gasteiger partial charge in [0.15, 0.2) is 0 Å². The number of pyridine rings is 1. The summed E-state index contributed by atoms with van der Waals surface area (Å²) in [6.07, 6.45) is 4.02. The largest absolute Gasteiger partial charge is 0.481 e. The average molecular weight is 267 g/mol. The smallest absolute Gasteiger partial charge is 0.216 e. The van der Waals surface area contributed by atoms with E-state index in [1.807, 2.05) is 24.3 Å². The lowest BCUT2D eigenvalue weighted by Gasteiger charge is -2.13. The molecule has 0 saturated carbocycles. The van der Waals surface area contributed by atoms with Crippen LogP contribution in [0.4, 0.5) is 0 Å². The first-order chi connectivity index (χ1) is 9.79. The number of benzene rings is 1. The lowest BCUT2D eigenvalue weighted by atomic mass is 10.00. The van der Waals surface area contributed by atoms with Crippen LogP contribution in [0, 0.1) is 0 Å². The molecular weight excluding hydrogens is 254 g/mol. The Kier molecular flexibility index (Phi) is 3.26. The summed E-state index contributed by atoms with van der Waals surface area (Å²) in [6.45, 7) is 0. The van der Waals surface area contributed by atoms with Crippen molar-refractivity contribution in [1.82, 2.24) is 15.0 Å². The van der Waals surface area contributed by atoms with Crippen LogP contribution in [0.15, 0.2) is 49.1 Å². The minimum atomic E-state index is -0.835. The number of nitrogens with zero attached hydrogens (tertiary/aromatic N) is 3. The van der Waals surface area contributed by atoms with Crippen molar-refractivity contribution in [2.24, 2.45) is 0 Å². The fraction of sp³-hybridized carbons (Fsp3) is 0.133. The molecule has 1 atom stereocenters. The Morgan fingerprint density at radius 3 is 2.95 bits per heavy atom. The minimum Gasteiger partial charge on any atom is -0.481 e. The first-order valence-corrected chi connectivity index (χ1v) is 6.16. The summed E-state index contributed by atoms with van der Waals surface area (Å²) in [4.78, 5) is 12.1. The van der Waals surface area contributed by atoms with E-state index in [0.29, 0.717) is 11.6 Å². The molecule has 0 aliphatic heterocycles. The van der Waals surface area contributed by atoms with Crippen LogP contribution in [0.1, 0.15) is 17.4 Å². The lowest BCUT2D eigenvalue weighted by molar-refractivity contribution is 0.216. The van der Waals surface area contributed by atoms with Crippen molar-refractivity contribution in [3.05, 3.63) is 60.3 Å². The molecular formula is C15H13N3O2. The molecule has 20 heavy (non-hydrogen) atoms. The zero-order chi connectivity index (χ0) is 13.9. The van der Waals surface area contributed by atoms with Gasteiger partial charge in [-0.3, -0.25) is 4.98 Å². The molecule has 5 heteroatoms. The summed E-state index contributed by atoms with van der Waals surface area (Å²) in [7, 11) is 1.53. The highest BCUT2D eigenvalue weighted by Gasteiger charge is 2.15. The Bertz CT molecular complexity index is 741. The van der Waals surface area contributed by atoms with Crippen molar-refractivity contribution in [1.29, 1.82) is 0 Å². The van der Waals surface area contributed by atoms with Crippen LogP contribution in [-0.2, 0) is 0 Å². The zero-order valence-corrected chi connectivity index (χ0v) is 10.9. The van der Waals surface area contributed by atoms with Gasteiger partial charge in [-0.25, -0.2) is 9.97 Å². The molecule has 100 valence electrons. The highest BCUT2D eigenvalue weighted by Crippen LogP contribution is 2.28. The summed E-state index contributed by atoms with van der Waals surface area (Å²) < 4.78 is 5.06. The molecule has 2 heterocycles. The van der Waals surface area contributed by atoms with Crippen LogP contribution in [0.3, 0.4) is 0 Å². The minimum absolute atomic E-state index is 0.427. The molecule has 1 aromatic carbocycles. The number of aliphatic hydroxyl groups excluding tert-OH is 1. The van der Waals surface area contributed by atoms with Crippen LogP contribution in [0.5, 0.6) is 5.88 Å². The lowest BCUT2D eigenvalue weighted by Crippen LogP contribution is -2.04. The Balaban J connectivity index is 2.10. The average Bonchev–Trinajstić information content (AvgIpc) is 2.53. The number of rotatable bonds is 3. The van der Waals surface area contributed by atoms with Gasteiger partial charge in [-0.05, 0) is 17.0 Å². The van der Waals surface area contributed by atoms with Crippen LogP contribution in [0.25, 0.3) is 10.8 Å². The van der Waals surface area contributed by atoms with E-state index in [0.717, 1.165) is 16.3 Å². The number of fused-ring (bicyclic) bond motifs is 1. The second-order valence-electron chi connectivity index (χ2n) is 4.33. The van der Waals surface area contributed by atoms with Crippen molar-refractivity contribution >= 4 is 10.8 Å².